The Bertz CT molecular complexity index is 586. The summed E-state index contributed by atoms with van der Waals surface area (Å²) < 4.78 is 5.37. The van der Waals surface area contributed by atoms with E-state index >= 15 is 0 Å². The molecule has 0 radical (unpaired) electrons. The van der Waals surface area contributed by atoms with Crippen LogP contribution in [0.5, 0.6) is 0 Å². The lowest BCUT2D eigenvalue weighted by molar-refractivity contribution is 0.149. The van der Waals surface area contributed by atoms with Crippen molar-refractivity contribution >= 4 is 0 Å². The number of aliphatic hydroxyl groups is 1. The van der Waals surface area contributed by atoms with E-state index in [1.165, 1.54) is 11.1 Å². The van der Waals surface area contributed by atoms with Crippen LogP contribution in [-0.4, -0.2) is 18.8 Å². The third-order valence-corrected chi connectivity index (χ3v) is 3.84. The highest BCUT2D eigenvalue weighted by atomic mass is 16.5. The van der Waals surface area contributed by atoms with E-state index in [0.29, 0.717) is 0 Å². The largest absolute Gasteiger partial charge is 0.395 e. The molecule has 0 saturated heterocycles. The second kappa shape index (κ2) is 10.0. The standard InChI is InChI=1S/C21H28O2/c1-6-21(23-5)20-13-8-7-12-19(20)18(15-22)14-17(4)11-9-10-16(2)3/h1,7-8,10,12-14,18,21-22H,9,11,15H2,2-5H3/b17-14+/t18?,21-/m0/s1. The fourth-order valence-corrected chi connectivity index (χ4v) is 2.63. The Labute approximate surface area is 140 Å². The van der Waals surface area contributed by atoms with Crippen LogP contribution in [0.1, 0.15) is 56.8 Å². The van der Waals surface area contributed by atoms with Crippen molar-refractivity contribution in [3.8, 4) is 12.3 Å². The van der Waals surface area contributed by atoms with Gasteiger partial charge in [-0.25, -0.2) is 0 Å². The SMILES string of the molecule is C#C[C@H](OC)c1ccccc1C(/C=C(\C)CCC=C(C)C)CO. The van der Waals surface area contributed by atoms with Gasteiger partial charge < -0.3 is 9.84 Å². The average Bonchev–Trinajstić information content (AvgIpc) is 2.54. The second-order valence-electron chi connectivity index (χ2n) is 6.03. The van der Waals surface area contributed by atoms with E-state index in [-0.39, 0.29) is 18.6 Å². The Hall–Kier alpha value is -1.82. The third kappa shape index (κ3) is 6.06. The molecule has 2 heteroatoms. The number of hydrogen-bond acceptors (Lipinski definition) is 2. The van der Waals surface area contributed by atoms with Gasteiger partial charge in [0, 0.05) is 13.0 Å². The highest BCUT2D eigenvalue weighted by Gasteiger charge is 2.17. The van der Waals surface area contributed by atoms with E-state index in [2.05, 4.69) is 38.8 Å². The number of allylic oxidation sites excluding steroid dienone is 3. The number of benzene rings is 1. The molecule has 0 fully saturated rings. The van der Waals surface area contributed by atoms with Crippen molar-refractivity contribution in [1.29, 1.82) is 0 Å². The molecule has 0 saturated carbocycles. The Morgan fingerprint density at radius 3 is 2.43 bits per heavy atom. The van der Waals surface area contributed by atoms with Gasteiger partial charge in [-0.1, -0.05) is 53.5 Å². The van der Waals surface area contributed by atoms with E-state index in [4.69, 9.17) is 11.2 Å². The van der Waals surface area contributed by atoms with Crippen LogP contribution < -0.4 is 0 Å². The molecule has 2 nitrogen and oxygen atoms in total. The molecule has 1 aromatic carbocycles. The normalized spacial score (nSPS) is 14.0. The van der Waals surface area contributed by atoms with E-state index in [1.54, 1.807) is 7.11 Å². The molecule has 1 unspecified atom stereocenters. The van der Waals surface area contributed by atoms with Crippen molar-refractivity contribution in [3.05, 3.63) is 58.7 Å². The van der Waals surface area contributed by atoms with E-state index < -0.39 is 0 Å². The van der Waals surface area contributed by atoms with Crippen LogP contribution in [0.25, 0.3) is 0 Å². The molecule has 0 aliphatic carbocycles. The molecule has 0 aliphatic heterocycles. The van der Waals surface area contributed by atoms with Gasteiger partial charge in [-0.2, -0.15) is 0 Å². The molecule has 23 heavy (non-hydrogen) atoms. The van der Waals surface area contributed by atoms with Crippen molar-refractivity contribution in [2.24, 2.45) is 0 Å². The minimum atomic E-state index is -0.389. The summed E-state index contributed by atoms with van der Waals surface area (Å²) in [5.74, 6) is 2.59. The fourth-order valence-electron chi connectivity index (χ4n) is 2.63. The smallest absolute Gasteiger partial charge is 0.143 e. The zero-order valence-electron chi connectivity index (χ0n) is 14.7. The van der Waals surface area contributed by atoms with Gasteiger partial charge in [0.15, 0.2) is 0 Å². The summed E-state index contributed by atoms with van der Waals surface area (Å²) in [6.07, 6.45) is 11.6. The molecular formula is C21H28O2. The summed E-state index contributed by atoms with van der Waals surface area (Å²) >= 11 is 0. The minimum absolute atomic E-state index is 0.0536. The van der Waals surface area contributed by atoms with Gasteiger partial charge in [-0.05, 0) is 44.7 Å². The molecule has 1 aromatic rings. The lowest BCUT2D eigenvalue weighted by atomic mass is 9.90. The highest BCUT2D eigenvalue weighted by Crippen LogP contribution is 2.29. The Balaban J connectivity index is 3.02. The first-order chi connectivity index (χ1) is 11.0. The molecule has 124 valence electrons. The zero-order chi connectivity index (χ0) is 17.2. The van der Waals surface area contributed by atoms with Crippen LogP contribution >= 0.6 is 0 Å². The predicted molar refractivity (Wildman–Crippen MR) is 97.3 cm³/mol. The van der Waals surface area contributed by atoms with Crippen molar-refractivity contribution in [1.82, 2.24) is 0 Å². The summed E-state index contributed by atoms with van der Waals surface area (Å²) in [7, 11) is 1.61. The van der Waals surface area contributed by atoms with Crippen LogP contribution in [-0.2, 0) is 4.74 Å². The van der Waals surface area contributed by atoms with Crippen LogP contribution in [0.2, 0.25) is 0 Å². The molecule has 0 aliphatic rings. The molecule has 1 N–H and O–H groups in total. The van der Waals surface area contributed by atoms with Crippen molar-refractivity contribution in [3.63, 3.8) is 0 Å². The Kier molecular flexibility index (Phi) is 8.40. The average molecular weight is 312 g/mol. The quantitative estimate of drug-likeness (QED) is 0.553. The van der Waals surface area contributed by atoms with Gasteiger partial charge in [0.05, 0.1) is 6.61 Å². The van der Waals surface area contributed by atoms with Crippen LogP contribution in [0.15, 0.2) is 47.6 Å². The summed E-state index contributed by atoms with van der Waals surface area (Å²) in [5, 5.41) is 9.84. The molecule has 2 atom stereocenters. The molecule has 0 bridgehead atoms. The van der Waals surface area contributed by atoms with Gasteiger partial charge >= 0.3 is 0 Å². The summed E-state index contributed by atoms with van der Waals surface area (Å²) in [6.45, 7) is 6.38. The number of rotatable bonds is 8. The first-order valence-electron chi connectivity index (χ1n) is 8.02. The maximum atomic E-state index is 9.84. The molecule has 0 aromatic heterocycles. The maximum Gasteiger partial charge on any atom is 0.143 e. The number of hydrogen-bond donors (Lipinski definition) is 1. The zero-order valence-corrected chi connectivity index (χ0v) is 14.7. The van der Waals surface area contributed by atoms with Crippen molar-refractivity contribution in [2.75, 3.05) is 13.7 Å². The molecule has 0 amide bonds. The Morgan fingerprint density at radius 2 is 1.91 bits per heavy atom. The predicted octanol–water partition coefficient (Wildman–Crippen LogP) is 4.78. The fraction of sp³-hybridized carbons (Fsp3) is 0.429. The van der Waals surface area contributed by atoms with Gasteiger partial charge in [-0.15, -0.1) is 6.42 Å². The first kappa shape index (κ1) is 19.2. The molecular weight excluding hydrogens is 284 g/mol. The van der Waals surface area contributed by atoms with E-state index in [9.17, 15) is 5.11 Å². The lowest BCUT2D eigenvalue weighted by Crippen LogP contribution is -2.09. The molecule has 0 spiro atoms. The van der Waals surface area contributed by atoms with Crippen LogP contribution in [0.3, 0.4) is 0 Å². The van der Waals surface area contributed by atoms with Gasteiger partial charge in [0.2, 0.25) is 0 Å². The van der Waals surface area contributed by atoms with Crippen molar-refractivity contribution in [2.45, 2.75) is 45.6 Å². The summed E-state index contributed by atoms with van der Waals surface area (Å²) in [5.41, 5.74) is 4.58. The number of terminal acetylenes is 1. The third-order valence-electron chi connectivity index (χ3n) is 3.84. The van der Waals surface area contributed by atoms with Gasteiger partial charge in [0.25, 0.3) is 0 Å². The van der Waals surface area contributed by atoms with Crippen LogP contribution in [0, 0.1) is 12.3 Å². The van der Waals surface area contributed by atoms with Crippen molar-refractivity contribution < 1.29 is 9.84 Å². The van der Waals surface area contributed by atoms with E-state index in [1.807, 2.05) is 24.3 Å². The van der Waals surface area contributed by atoms with Gasteiger partial charge in [-0.3, -0.25) is 0 Å². The number of aliphatic hydroxyl groups excluding tert-OH is 1. The number of ether oxygens (including phenoxy) is 1. The monoisotopic (exact) mass is 312 g/mol. The second-order valence-corrected chi connectivity index (χ2v) is 6.03. The van der Waals surface area contributed by atoms with E-state index in [0.717, 1.165) is 24.0 Å². The minimum Gasteiger partial charge on any atom is -0.395 e. The number of methoxy groups -OCH3 is 1. The maximum absolute atomic E-state index is 9.84. The topological polar surface area (TPSA) is 29.5 Å². The summed E-state index contributed by atoms with van der Waals surface area (Å²) in [6, 6.07) is 7.90. The lowest BCUT2D eigenvalue weighted by Gasteiger charge is -2.19. The molecule has 1 rings (SSSR count). The van der Waals surface area contributed by atoms with Gasteiger partial charge in [0.1, 0.15) is 6.10 Å². The first-order valence-corrected chi connectivity index (χ1v) is 8.02. The van der Waals surface area contributed by atoms with Crippen LogP contribution in [0.4, 0.5) is 0 Å². The summed E-state index contributed by atoms with van der Waals surface area (Å²) in [4.78, 5) is 0. The Morgan fingerprint density at radius 1 is 1.26 bits per heavy atom. The molecule has 0 heterocycles. The highest BCUT2D eigenvalue weighted by molar-refractivity contribution is 5.38.